The highest BCUT2D eigenvalue weighted by Gasteiger charge is 2.24. The van der Waals surface area contributed by atoms with E-state index in [0.717, 1.165) is 19.1 Å². The Balaban J connectivity index is 2.34. The van der Waals surface area contributed by atoms with E-state index in [9.17, 15) is 9.59 Å². The number of hydrogen-bond donors (Lipinski definition) is 1. The largest absolute Gasteiger partial charge is 0.465 e. The molecule has 1 amide bonds. The van der Waals surface area contributed by atoms with Crippen molar-refractivity contribution >= 4 is 12.4 Å². The number of hydrogen-bond acceptors (Lipinski definition) is 3. The van der Waals surface area contributed by atoms with E-state index in [1.54, 1.807) is 0 Å². The molecule has 0 bridgehead atoms. The van der Waals surface area contributed by atoms with Crippen LogP contribution in [0.5, 0.6) is 0 Å². The molecule has 1 saturated heterocycles. The van der Waals surface area contributed by atoms with Gasteiger partial charge in [-0.2, -0.15) is 0 Å². The summed E-state index contributed by atoms with van der Waals surface area (Å²) in [5.41, 5.74) is 0. The lowest BCUT2D eigenvalue weighted by Gasteiger charge is -2.34. The molecule has 0 aromatic carbocycles. The van der Waals surface area contributed by atoms with E-state index < -0.39 is 6.09 Å². The number of likely N-dealkylation sites (tertiary alicyclic amines) is 1. The van der Waals surface area contributed by atoms with Crippen LogP contribution in [0.3, 0.4) is 0 Å². The van der Waals surface area contributed by atoms with Gasteiger partial charge < -0.3 is 14.8 Å². The lowest BCUT2D eigenvalue weighted by atomic mass is 10.0. The van der Waals surface area contributed by atoms with Crippen molar-refractivity contribution in [2.24, 2.45) is 0 Å². The molecular weight excluding hydrogens is 184 g/mol. The summed E-state index contributed by atoms with van der Waals surface area (Å²) in [4.78, 5) is 24.3. The number of carbonyl (C=O) groups is 2. The maximum absolute atomic E-state index is 10.6. The summed E-state index contributed by atoms with van der Waals surface area (Å²) in [6, 6.07) is 0.343. The van der Waals surface area contributed by atoms with Crippen molar-refractivity contribution in [1.29, 1.82) is 0 Å². The molecule has 0 unspecified atom stereocenters. The third-order valence-electron chi connectivity index (χ3n) is 2.72. The van der Waals surface area contributed by atoms with Gasteiger partial charge in [0.2, 0.25) is 0 Å². The molecule has 0 atom stereocenters. The Kier molecular flexibility index (Phi) is 3.88. The first-order valence-electron chi connectivity index (χ1n) is 4.77. The lowest BCUT2D eigenvalue weighted by Crippen LogP contribution is -2.45. The number of likely N-dealkylation sites (N-methyl/N-ethyl adjacent to an activating group) is 1. The van der Waals surface area contributed by atoms with E-state index in [-0.39, 0.29) is 0 Å². The number of carbonyl (C=O) groups excluding carboxylic acids is 1. The van der Waals surface area contributed by atoms with Crippen LogP contribution in [-0.4, -0.2) is 60.0 Å². The van der Waals surface area contributed by atoms with Gasteiger partial charge in [0.1, 0.15) is 6.29 Å². The highest BCUT2D eigenvalue weighted by molar-refractivity contribution is 5.65. The van der Waals surface area contributed by atoms with E-state index in [2.05, 4.69) is 0 Å². The number of piperidine rings is 1. The zero-order valence-corrected chi connectivity index (χ0v) is 8.35. The monoisotopic (exact) mass is 200 g/mol. The topological polar surface area (TPSA) is 60.9 Å². The molecule has 14 heavy (non-hydrogen) atoms. The second-order valence-electron chi connectivity index (χ2n) is 3.61. The van der Waals surface area contributed by atoms with Crippen molar-refractivity contribution < 1.29 is 14.7 Å². The SMILES string of the molecule is CN(CC=O)C1CCN(C(=O)O)CC1. The van der Waals surface area contributed by atoms with Crippen molar-refractivity contribution in [2.45, 2.75) is 18.9 Å². The van der Waals surface area contributed by atoms with Gasteiger partial charge in [-0.25, -0.2) is 4.79 Å². The van der Waals surface area contributed by atoms with E-state index in [1.807, 2.05) is 11.9 Å². The summed E-state index contributed by atoms with van der Waals surface area (Å²) >= 11 is 0. The van der Waals surface area contributed by atoms with Gasteiger partial charge in [0, 0.05) is 19.1 Å². The molecular formula is C9H16N2O3. The number of rotatable bonds is 3. The number of aldehydes is 1. The first-order chi connectivity index (χ1) is 6.65. The maximum atomic E-state index is 10.6. The van der Waals surface area contributed by atoms with Crippen molar-refractivity contribution in [3.8, 4) is 0 Å². The van der Waals surface area contributed by atoms with Crippen LogP contribution in [-0.2, 0) is 4.79 Å². The van der Waals surface area contributed by atoms with Crippen LogP contribution in [0, 0.1) is 0 Å². The van der Waals surface area contributed by atoms with Crippen LogP contribution in [0.1, 0.15) is 12.8 Å². The molecule has 0 radical (unpaired) electrons. The Morgan fingerprint density at radius 3 is 2.57 bits per heavy atom. The fourth-order valence-corrected chi connectivity index (χ4v) is 1.76. The molecule has 0 aromatic heterocycles. The van der Waals surface area contributed by atoms with Gasteiger partial charge in [0.05, 0.1) is 6.54 Å². The molecule has 1 rings (SSSR count). The minimum absolute atomic E-state index is 0.343. The maximum Gasteiger partial charge on any atom is 0.407 e. The van der Waals surface area contributed by atoms with Crippen LogP contribution in [0.25, 0.3) is 0 Å². The van der Waals surface area contributed by atoms with Gasteiger partial charge >= 0.3 is 6.09 Å². The minimum atomic E-state index is -0.846. The molecule has 80 valence electrons. The highest BCUT2D eigenvalue weighted by atomic mass is 16.4. The van der Waals surface area contributed by atoms with Gasteiger partial charge in [-0.15, -0.1) is 0 Å². The summed E-state index contributed by atoms with van der Waals surface area (Å²) in [6.45, 7) is 1.57. The Morgan fingerprint density at radius 2 is 2.14 bits per heavy atom. The molecule has 1 aliphatic rings. The smallest absolute Gasteiger partial charge is 0.407 e. The Hall–Kier alpha value is -1.10. The van der Waals surface area contributed by atoms with Gasteiger partial charge in [-0.3, -0.25) is 4.90 Å². The van der Waals surface area contributed by atoms with Crippen LogP contribution in [0.4, 0.5) is 4.79 Å². The van der Waals surface area contributed by atoms with Gasteiger partial charge in [-0.1, -0.05) is 0 Å². The molecule has 1 N–H and O–H groups in total. The fraction of sp³-hybridized carbons (Fsp3) is 0.778. The summed E-state index contributed by atoms with van der Waals surface area (Å²) in [5.74, 6) is 0. The first kappa shape index (κ1) is 11.0. The third kappa shape index (κ3) is 2.70. The number of carboxylic acid groups (broad SMARTS) is 1. The van der Waals surface area contributed by atoms with Crippen LogP contribution in [0.15, 0.2) is 0 Å². The molecule has 1 aliphatic heterocycles. The zero-order chi connectivity index (χ0) is 10.6. The molecule has 0 aliphatic carbocycles. The van der Waals surface area contributed by atoms with Crippen LogP contribution < -0.4 is 0 Å². The second-order valence-corrected chi connectivity index (χ2v) is 3.61. The average Bonchev–Trinajstić information content (AvgIpc) is 2.18. The lowest BCUT2D eigenvalue weighted by molar-refractivity contribution is -0.109. The summed E-state index contributed by atoms with van der Waals surface area (Å²) in [7, 11) is 1.90. The van der Waals surface area contributed by atoms with E-state index in [4.69, 9.17) is 5.11 Å². The predicted octanol–water partition coefficient (Wildman–Crippen LogP) is 0.259. The number of amides is 1. The predicted molar refractivity (Wildman–Crippen MR) is 51.3 cm³/mol. The van der Waals surface area contributed by atoms with Gasteiger partial charge in [0.15, 0.2) is 0 Å². The van der Waals surface area contributed by atoms with Crippen molar-refractivity contribution in [1.82, 2.24) is 9.80 Å². The van der Waals surface area contributed by atoms with E-state index in [0.29, 0.717) is 25.7 Å². The van der Waals surface area contributed by atoms with Crippen molar-refractivity contribution in [3.05, 3.63) is 0 Å². The van der Waals surface area contributed by atoms with Gasteiger partial charge in [0.25, 0.3) is 0 Å². The van der Waals surface area contributed by atoms with E-state index in [1.165, 1.54) is 4.90 Å². The molecule has 0 aromatic rings. The highest BCUT2D eigenvalue weighted by Crippen LogP contribution is 2.14. The average molecular weight is 200 g/mol. The second kappa shape index (κ2) is 4.95. The van der Waals surface area contributed by atoms with Crippen molar-refractivity contribution in [3.63, 3.8) is 0 Å². The molecule has 5 heteroatoms. The van der Waals surface area contributed by atoms with E-state index >= 15 is 0 Å². The van der Waals surface area contributed by atoms with Gasteiger partial charge in [-0.05, 0) is 19.9 Å². The molecule has 1 fully saturated rings. The first-order valence-corrected chi connectivity index (χ1v) is 4.77. The standard InChI is InChI=1S/C9H16N2O3/c1-10(6-7-12)8-2-4-11(5-3-8)9(13)14/h7-8H,2-6H2,1H3,(H,13,14). The molecule has 0 spiro atoms. The third-order valence-corrected chi connectivity index (χ3v) is 2.72. The quantitative estimate of drug-likeness (QED) is 0.664. The summed E-state index contributed by atoms with van der Waals surface area (Å²) in [5, 5.41) is 8.72. The normalized spacial score (nSPS) is 18.6. The fourth-order valence-electron chi connectivity index (χ4n) is 1.76. The minimum Gasteiger partial charge on any atom is -0.465 e. The van der Waals surface area contributed by atoms with Crippen LogP contribution in [0.2, 0.25) is 0 Å². The van der Waals surface area contributed by atoms with Crippen molar-refractivity contribution in [2.75, 3.05) is 26.7 Å². The molecule has 5 nitrogen and oxygen atoms in total. The summed E-state index contributed by atoms with van der Waals surface area (Å²) in [6.07, 6.45) is 1.66. The molecule has 0 saturated carbocycles. The number of nitrogens with zero attached hydrogens (tertiary/aromatic N) is 2. The Labute approximate surface area is 83.3 Å². The Bertz CT molecular complexity index is 212. The zero-order valence-electron chi connectivity index (χ0n) is 8.35. The van der Waals surface area contributed by atoms with Crippen LogP contribution >= 0.6 is 0 Å². The Morgan fingerprint density at radius 1 is 1.57 bits per heavy atom. The summed E-state index contributed by atoms with van der Waals surface area (Å²) < 4.78 is 0. The molecule has 1 heterocycles.